The second-order valence-electron chi connectivity index (χ2n) is 19.5. The molecule has 3 aromatic heterocycles. The smallest absolute Gasteiger partial charge is 0.343 e. The van der Waals surface area contributed by atoms with Crippen LogP contribution in [0.2, 0.25) is 0 Å². The third-order valence-corrected chi connectivity index (χ3v) is 14.4. The molecule has 420 valence electrons. The Morgan fingerprint density at radius 2 is 1.65 bits per heavy atom. The van der Waals surface area contributed by atoms with Crippen LogP contribution >= 0.6 is 0 Å². The number of esters is 1. The molecule has 0 bridgehead atoms. The van der Waals surface area contributed by atoms with Gasteiger partial charge in [-0.2, -0.15) is 0 Å². The lowest BCUT2D eigenvalue weighted by atomic mass is 9.81. The topological polar surface area (TPSA) is 328 Å². The van der Waals surface area contributed by atoms with E-state index in [-0.39, 0.29) is 94.1 Å². The summed E-state index contributed by atoms with van der Waals surface area (Å²) in [6.07, 6.45) is 2.25. The highest BCUT2D eigenvalue weighted by Gasteiger charge is 2.46. The van der Waals surface area contributed by atoms with Crippen LogP contribution in [-0.4, -0.2) is 130 Å². The molecule has 3 aliphatic heterocycles. The standard InChI is InChI=1S/C55H58FN9O15/c1-3-55(76)35-20-40-50-33(25-65(40)53(74)34(35)27-79-54(55)75)49-37(11-10-32-29(2)36(56)21-38(62-50)48(32)49)63-52(73)41-12-9-31(80-41)26-78-28-60-44(68)23-59-51(72)39(19-30-7-5-4-6-8-30)61-45(69)24-58-43(67)22-57-42(66)15-17-77-18-16-64-46(70)13-14-47(64)71/h4-9,12-14,20-21,37,39,46,70,76H,3,10-11,15-19,22-28H2,1-2H3,(H,57,66)(H,58,67)(H,59,72)(H,60,68)(H,61,69)(H,63,73)/t37-,39-,46?,55-/m0/s1. The van der Waals surface area contributed by atoms with E-state index >= 15 is 4.39 Å². The van der Waals surface area contributed by atoms with Gasteiger partial charge in [-0.3, -0.25) is 38.4 Å². The van der Waals surface area contributed by atoms with E-state index in [2.05, 4.69) is 31.9 Å². The van der Waals surface area contributed by atoms with Crippen molar-refractivity contribution in [1.82, 2.24) is 46.4 Å². The van der Waals surface area contributed by atoms with E-state index in [1.54, 1.807) is 50.2 Å². The molecular weight excluding hydrogens is 1050 g/mol. The van der Waals surface area contributed by atoms with E-state index in [0.29, 0.717) is 57.4 Å². The fraction of sp³-hybridized carbons (Fsp3) is 0.382. The molecule has 25 heteroatoms. The fourth-order valence-electron chi connectivity index (χ4n) is 10.1. The minimum atomic E-state index is -2.05. The number of aromatic nitrogens is 2. The van der Waals surface area contributed by atoms with Gasteiger partial charge in [-0.1, -0.05) is 37.3 Å². The Balaban J connectivity index is 0.739. The van der Waals surface area contributed by atoms with Crippen LogP contribution in [0.4, 0.5) is 4.39 Å². The normalized spacial score (nSPS) is 17.9. The number of halogens is 1. The van der Waals surface area contributed by atoms with Gasteiger partial charge in [-0.05, 0) is 72.7 Å². The van der Waals surface area contributed by atoms with Crippen LogP contribution in [0.25, 0.3) is 22.3 Å². The van der Waals surface area contributed by atoms with E-state index in [1.165, 1.54) is 39.8 Å². The number of hydrogen-bond acceptors (Lipinski definition) is 16. The number of pyridine rings is 2. The van der Waals surface area contributed by atoms with Gasteiger partial charge in [0.1, 0.15) is 43.8 Å². The number of carbonyl (C=O) groups is 8. The number of fused-ring (bicyclic) bond motifs is 5. The molecule has 9 rings (SSSR count). The number of cyclic esters (lactones) is 1. The van der Waals surface area contributed by atoms with Crippen molar-refractivity contribution in [2.75, 3.05) is 46.1 Å². The first-order valence-corrected chi connectivity index (χ1v) is 25.9. The molecule has 1 aliphatic carbocycles. The van der Waals surface area contributed by atoms with Crippen molar-refractivity contribution in [3.63, 3.8) is 0 Å². The molecule has 0 radical (unpaired) electrons. The predicted octanol–water partition coefficient (Wildman–Crippen LogP) is 0.327. The Morgan fingerprint density at radius 3 is 2.41 bits per heavy atom. The number of aryl methyl sites for hydroxylation is 1. The average Bonchev–Trinajstić information content (AvgIpc) is 4.19. The summed E-state index contributed by atoms with van der Waals surface area (Å²) in [4.78, 5) is 122. The Bertz CT molecular complexity index is 3400. The highest BCUT2D eigenvalue weighted by atomic mass is 19.1. The maximum absolute atomic E-state index is 15.4. The first kappa shape index (κ1) is 56.1. The number of benzene rings is 2. The fourth-order valence-corrected chi connectivity index (χ4v) is 10.1. The number of ether oxygens (including phenoxy) is 3. The zero-order valence-corrected chi connectivity index (χ0v) is 43.6. The number of nitrogens with one attached hydrogen (secondary N) is 6. The minimum Gasteiger partial charge on any atom is -0.458 e. The molecule has 4 aliphatic rings. The molecule has 0 saturated heterocycles. The first-order chi connectivity index (χ1) is 38.4. The van der Waals surface area contributed by atoms with Crippen molar-refractivity contribution >= 4 is 58.2 Å². The van der Waals surface area contributed by atoms with Gasteiger partial charge in [0, 0.05) is 48.0 Å². The van der Waals surface area contributed by atoms with Crippen molar-refractivity contribution in [1.29, 1.82) is 0 Å². The molecule has 4 atom stereocenters. The summed E-state index contributed by atoms with van der Waals surface area (Å²) in [7, 11) is 0. The molecule has 0 fully saturated rings. The van der Waals surface area contributed by atoms with E-state index in [4.69, 9.17) is 23.6 Å². The van der Waals surface area contributed by atoms with Gasteiger partial charge in [0.2, 0.25) is 35.4 Å². The lowest BCUT2D eigenvalue weighted by Crippen LogP contribution is -2.52. The second kappa shape index (κ2) is 24.2. The lowest BCUT2D eigenvalue weighted by molar-refractivity contribution is -0.172. The van der Waals surface area contributed by atoms with E-state index in [9.17, 15) is 53.4 Å². The first-order valence-electron chi connectivity index (χ1n) is 25.9. The van der Waals surface area contributed by atoms with Crippen LogP contribution < -0.4 is 37.5 Å². The molecule has 8 N–H and O–H groups in total. The minimum absolute atomic E-state index is 0.00552. The molecule has 6 heterocycles. The van der Waals surface area contributed by atoms with Crippen molar-refractivity contribution in [2.45, 2.75) is 89.6 Å². The molecule has 2 aromatic carbocycles. The summed E-state index contributed by atoms with van der Waals surface area (Å²) in [6, 6.07) is 12.8. The number of aliphatic hydroxyl groups is 2. The molecule has 1 unspecified atom stereocenters. The van der Waals surface area contributed by atoms with E-state index in [0.717, 1.165) is 5.56 Å². The third kappa shape index (κ3) is 12.0. The number of nitrogens with zero attached hydrogens (tertiary/aromatic N) is 3. The van der Waals surface area contributed by atoms with Gasteiger partial charge < -0.3 is 70.2 Å². The highest BCUT2D eigenvalue weighted by Crippen LogP contribution is 2.46. The number of rotatable bonds is 23. The Kier molecular flexibility index (Phi) is 16.9. The SMILES string of the molecule is CC[C@@]1(O)C(=O)OCc2c1cc1n(c2=O)Cc2c-1nc1cc(F)c(C)c3c1c2[C@@H](NC(=O)c1ccc(COCNC(=O)CNC(=O)[C@H](Cc2ccccc2)NC(=O)CNC(=O)CNC(=O)CCOCCN2C(=O)C=CC2O)o1)CC3. The predicted molar refractivity (Wildman–Crippen MR) is 278 cm³/mol. The van der Waals surface area contributed by atoms with Crippen molar-refractivity contribution in [3.8, 4) is 11.4 Å². The van der Waals surface area contributed by atoms with Crippen molar-refractivity contribution < 1.29 is 71.6 Å². The van der Waals surface area contributed by atoms with Gasteiger partial charge in [-0.25, -0.2) is 14.2 Å². The number of aliphatic hydroxyl groups excluding tert-OH is 1. The average molecular weight is 1100 g/mol. The van der Waals surface area contributed by atoms with Gasteiger partial charge in [0.25, 0.3) is 11.5 Å². The summed E-state index contributed by atoms with van der Waals surface area (Å²) in [5.41, 5.74) is 1.93. The number of amides is 7. The summed E-state index contributed by atoms with van der Waals surface area (Å²) >= 11 is 0. The highest BCUT2D eigenvalue weighted by molar-refractivity contribution is 5.97. The van der Waals surface area contributed by atoms with Crippen molar-refractivity contribution in [3.05, 3.63) is 133 Å². The van der Waals surface area contributed by atoms with Crippen LogP contribution in [0, 0.1) is 12.7 Å². The number of hydrogen-bond donors (Lipinski definition) is 8. The molecule has 5 aromatic rings. The summed E-state index contributed by atoms with van der Waals surface area (Å²) in [6.45, 7) is 1.28. The van der Waals surface area contributed by atoms with Crippen LogP contribution in [-0.2, 0) is 86.0 Å². The van der Waals surface area contributed by atoms with Crippen LogP contribution in [0.1, 0.15) is 87.5 Å². The molecule has 80 heavy (non-hydrogen) atoms. The molecule has 0 spiro atoms. The van der Waals surface area contributed by atoms with Gasteiger partial charge in [0.05, 0.1) is 67.9 Å². The van der Waals surface area contributed by atoms with Crippen molar-refractivity contribution in [2.24, 2.45) is 0 Å². The van der Waals surface area contributed by atoms with Gasteiger partial charge in [0.15, 0.2) is 11.4 Å². The molecule has 0 saturated carbocycles. The van der Waals surface area contributed by atoms with Crippen LogP contribution in [0.5, 0.6) is 0 Å². The molecular formula is C55H58FN9O15. The maximum Gasteiger partial charge on any atom is 0.343 e. The van der Waals surface area contributed by atoms with Crippen LogP contribution in [0.3, 0.4) is 0 Å². The molecule has 24 nitrogen and oxygen atoms in total. The quantitative estimate of drug-likeness (QED) is 0.0244. The van der Waals surface area contributed by atoms with Gasteiger partial charge in [-0.15, -0.1) is 0 Å². The zero-order valence-electron chi connectivity index (χ0n) is 43.6. The van der Waals surface area contributed by atoms with E-state index in [1.807, 2.05) is 0 Å². The number of furan rings is 1. The largest absolute Gasteiger partial charge is 0.458 e. The summed E-state index contributed by atoms with van der Waals surface area (Å²) < 4.78 is 38.9. The second-order valence-corrected chi connectivity index (χ2v) is 19.5. The van der Waals surface area contributed by atoms with Crippen LogP contribution in [0.15, 0.2) is 76.0 Å². The summed E-state index contributed by atoms with van der Waals surface area (Å²) in [5.74, 6) is -5.30. The Labute approximate surface area is 455 Å². The maximum atomic E-state index is 15.4. The lowest BCUT2D eigenvalue weighted by Gasteiger charge is -2.31. The Hall–Kier alpha value is -8.65. The Morgan fingerprint density at radius 1 is 0.900 bits per heavy atom. The number of carbonyl (C=O) groups excluding carboxylic acids is 8. The third-order valence-electron chi connectivity index (χ3n) is 14.4. The van der Waals surface area contributed by atoms with Gasteiger partial charge >= 0.3 is 5.97 Å². The van der Waals surface area contributed by atoms with E-state index < -0.39 is 96.3 Å². The zero-order chi connectivity index (χ0) is 56.8. The molecule has 7 amide bonds. The summed E-state index contributed by atoms with van der Waals surface area (Å²) in [5, 5.41) is 37.2. The monoisotopic (exact) mass is 1100 g/mol.